The van der Waals surface area contributed by atoms with Gasteiger partial charge < -0.3 is 15.5 Å². The van der Waals surface area contributed by atoms with Gasteiger partial charge in [-0.1, -0.05) is 12.1 Å². The van der Waals surface area contributed by atoms with Gasteiger partial charge in [0.1, 0.15) is 5.82 Å². The molecule has 0 aliphatic carbocycles. The van der Waals surface area contributed by atoms with Crippen LogP contribution in [0.5, 0.6) is 0 Å². The first kappa shape index (κ1) is 23.1. The van der Waals surface area contributed by atoms with E-state index in [1.165, 1.54) is 12.3 Å². The minimum Gasteiger partial charge on any atom is -0.369 e. The van der Waals surface area contributed by atoms with Crippen molar-refractivity contribution < 1.29 is 12.8 Å². The third-order valence-corrected chi connectivity index (χ3v) is 6.67. The average molecular weight is 447 g/mol. The Bertz CT molecular complexity index is 1020. The molecule has 1 fully saturated rings. The molecule has 8 heteroatoms. The average Bonchev–Trinajstić information content (AvgIpc) is 2.73. The van der Waals surface area contributed by atoms with Crippen LogP contribution in [0.15, 0.2) is 52.4 Å². The molecule has 0 amide bonds. The Balaban J connectivity index is 1.51. The SMILES string of the molecule is CN=C(NCCc1ccc(S(C)(=O)=O)cc1)NC1CCCN(c2ccc(F)cc2C)C1. The van der Waals surface area contributed by atoms with Crippen LogP contribution < -0.4 is 15.5 Å². The number of hydrogen-bond donors (Lipinski definition) is 2. The number of halogens is 1. The van der Waals surface area contributed by atoms with Gasteiger partial charge in [-0.25, -0.2) is 12.8 Å². The summed E-state index contributed by atoms with van der Waals surface area (Å²) in [6.45, 7) is 4.42. The van der Waals surface area contributed by atoms with Gasteiger partial charge in [-0.15, -0.1) is 0 Å². The Kier molecular flexibility index (Phi) is 7.54. The molecule has 0 bridgehead atoms. The monoisotopic (exact) mass is 446 g/mol. The van der Waals surface area contributed by atoms with Crippen molar-refractivity contribution in [3.63, 3.8) is 0 Å². The number of benzene rings is 2. The van der Waals surface area contributed by atoms with E-state index in [0.29, 0.717) is 11.4 Å². The van der Waals surface area contributed by atoms with Crippen molar-refractivity contribution in [2.24, 2.45) is 4.99 Å². The van der Waals surface area contributed by atoms with Crippen molar-refractivity contribution in [1.29, 1.82) is 0 Å². The van der Waals surface area contributed by atoms with E-state index in [9.17, 15) is 12.8 Å². The number of sulfone groups is 1. The Hall–Kier alpha value is -2.61. The number of piperidine rings is 1. The minimum atomic E-state index is -3.17. The highest BCUT2D eigenvalue weighted by molar-refractivity contribution is 7.90. The van der Waals surface area contributed by atoms with E-state index < -0.39 is 9.84 Å². The van der Waals surface area contributed by atoms with Crippen LogP contribution in [-0.4, -0.2) is 53.4 Å². The second kappa shape index (κ2) is 10.1. The molecule has 0 aromatic heterocycles. The Labute approximate surface area is 184 Å². The summed E-state index contributed by atoms with van der Waals surface area (Å²) in [7, 11) is -1.42. The summed E-state index contributed by atoms with van der Waals surface area (Å²) in [6, 6.07) is 12.2. The van der Waals surface area contributed by atoms with Crippen LogP contribution >= 0.6 is 0 Å². The highest BCUT2D eigenvalue weighted by Gasteiger charge is 2.22. The number of rotatable bonds is 6. The van der Waals surface area contributed by atoms with Gasteiger partial charge in [0.25, 0.3) is 0 Å². The van der Waals surface area contributed by atoms with Crippen LogP contribution in [0.1, 0.15) is 24.0 Å². The topological polar surface area (TPSA) is 73.8 Å². The molecule has 1 aliphatic rings. The van der Waals surface area contributed by atoms with Gasteiger partial charge >= 0.3 is 0 Å². The molecule has 6 nitrogen and oxygen atoms in total. The lowest BCUT2D eigenvalue weighted by Crippen LogP contribution is -2.51. The molecule has 2 aromatic rings. The predicted molar refractivity (Wildman–Crippen MR) is 124 cm³/mol. The van der Waals surface area contributed by atoms with E-state index in [2.05, 4.69) is 20.5 Å². The molecule has 1 saturated heterocycles. The molecule has 31 heavy (non-hydrogen) atoms. The van der Waals surface area contributed by atoms with Crippen molar-refractivity contribution in [2.45, 2.75) is 37.1 Å². The summed E-state index contributed by atoms with van der Waals surface area (Å²) in [5.41, 5.74) is 3.09. The fourth-order valence-corrected chi connectivity index (χ4v) is 4.53. The number of aryl methyl sites for hydroxylation is 1. The summed E-state index contributed by atoms with van der Waals surface area (Å²) in [6.07, 6.45) is 4.07. The van der Waals surface area contributed by atoms with Crippen molar-refractivity contribution in [3.8, 4) is 0 Å². The van der Waals surface area contributed by atoms with Crippen LogP contribution in [-0.2, 0) is 16.3 Å². The molecule has 3 rings (SSSR count). The van der Waals surface area contributed by atoms with Crippen molar-refractivity contribution in [3.05, 3.63) is 59.4 Å². The summed E-state index contributed by atoms with van der Waals surface area (Å²) in [5.74, 6) is 0.541. The summed E-state index contributed by atoms with van der Waals surface area (Å²) in [5, 5.41) is 6.83. The summed E-state index contributed by atoms with van der Waals surface area (Å²) < 4.78 is 36.6. The Morgan fingerprint density at radius 2 is 1.97 bits per heavy atom. The van der Waals surface area contributed by atoms with Crippen LogP contribution in [0.25, 0.3) is 0 Å². The molecule has 1 aliphatic heterocycles. The second-order valence-electron chi connectivity index (χ2n) is 8.03. The smallest absolute Gasteiger partial charge is 0.191 e. The van der Waals surface area contributed by atoms with E-state index in [4.69, 9.17) is 0 Å². The molecule has 1 unspecified atom stereocenters. The molecular weight excluding hydrogens is 415 g/mol. The van der Waals surface area contributed by atoms with Gasteiger partial charge in [-0.05, 0) is 67.6 Å². The first-order chi connectivity index (χ1) is 14.8. The standard InChI is InChI=1S/C23H31FN4O2S/c1-17-15-19(24)8-11-22(17)28-14-4-5-20(16-28)27-23(25-2)26-13-12-18-6-9-21(10-7-18)31(3,29)30/h6-11,15,20H,4-5,12-14,16H2,1-3H3,(H2,25,26,27). The van der Waals surface area contributed by atoms with Gasteiger partial charge in [0.15, 0.2) is 15.8 Å². The molecular formula is C23H31FN4O2S. The third kappa shape index (κ3) is 6.43. The Morgan fingerprint density at radius 1 is 1.23 bits per heavy atom. The molecule has 1 heterocycles. The molecule has 2 N–H and O–H groups in total. The van der Waals surface area contributed by atoms with E-state index in [1.54, 1.807) is 25.2 Å². The van der Waals surface area contributed by atoms with Crippen LogP contribution in [0.3, 0.4) is 0 Å². The van der Waals surface area contributed by atoms with Gasteiger partial charge in [0.05, 0.1) is 4.90 Å². The minimum absolute atomic E-state index is 0.205. The third-order valence-electron chi connectivity index (χ3n) is 5.54. The maximum Gasteiger partial charge on any atom is 0.191 e. The van der Waals surface area contributed by atoms with E-state index in [1.807, 2.05) is 25.1 Å². The summed E-state index contributed by atoms with van der Waals surface area (Å²) in [4.78, 5) is 6.97. The molecule has 0 radical (unpaired) electrons. The number of anilines is 1. The number of guanidine groups is 1. The molecule has 1 atom stereocenters. The van der Waals surface area contributed by atoms with Crippen molar-refractivity contribution in [1.82, 2.24) is 10.6 Å². The summed E-state index contributed by atoms with van der Waals surface area (Å²) >= 11 is 0. The lowest BCUT2D eigenvalue weighted by Gasteiger charge is -2.36. The fraction of sp³-hybridized carbons (Fsp3) is 0.435. The van der Waals surface area contributed by atoms with Crippen LogP contribution in [0.2, 0.25) is 0 Å². The highest BCUT2D eigenvalue weighted by atomic mass is 32.2. The van der Waals surface area contributed by atoms with Gasteiger partial charge in [0.2, 0.25) is 0 Å². The lowest BCUT2D eigenvalue weighted by atomic mass is 10.0. The van der Waals surface area contributed by atoms with E-state index in [0.717, 1.165) is 55.1 Å². The zero-order valence-electron chi connectivity index (χ0n) is 18.4. The zero-order chi connectivity index (χ0) is 22.4. The first-order valence-corrected chi connectivity index (χ1v) is 12.4. The molecule has 0 spiro atoms. The number of nitrogens with zero attached hydrogens (tertiary/aromatic N) is 2. The maximum absolute atomic E-state index is 13.4. The molecule has 168 valence electrons. The number of aliphatic imine (C=N–C) groups is 1. The predicted octanol–water partition coefficient (Wildman–Crippen LogP) is 2.91. The van der Waals surface area contributed by atoms with Gasteiger partial charge in [0, 0.05) is 44.7 Å². The fourth-order valence-electron chi connectivity index (χ4n) is 3.90. The number of hydrogen-bond acceptors (Lipinski definition) is 4. The number of nitrogens with one attached hydrogen (secondary N) is 2. The highest BCUT2D eigenvalue weighted by Crippen LogP contribution is 2.24. The lowest BCUT2D eigenvalue weighted by molar-refractivity contribution is 0.467. The van der Waals surface area contributed by atoms with Crippen LogP contribution in [0, 0.1) is 12.7 Å². The van der Waals surface area contributed by atoms with Crippen LogP contribution in [0.4, 0.5) is 10.1 Å². The maximum atomic E-state index is 13.4. The Morgan fingerprint density at radius 3 is 2.61 bits per heavy atom. The van der Waals surface area contributed by atoms with E-state index in [-0.39, 0.29) is 11.9 Å². The quantitative estimate of drug-likeness (QED) is 0.527. The molecule has 2 aromatic carbocycles. The normalized spacial score (nSPS) is 17.5. The van der Waals surface area contributed by atoms with Gasteiger partial charge in [-0.3, -0.25) is 4.99 Å². The van der Waals surface area contributed by atoms with Crippen molar-refractivity contribution >= 4 is 21.5 Å². The second-order valence-corrected chi connectivity index (χ2v) is 10.0. The van der Waals surface area contributed by atoms with Gasteiger partial charge in [-0.2, -0.15) is 0 Å². The largest absolute Gasteiger partial charge is 0.369 e. The van der Waals surface area contributed by atoms with E-state index >= 15 is 0 Å². The van der Waals surface area contributed by atoms with Crippen molar-refractivity contribution in [2.75, 3.05) is 37.8 Å². The molecule has 0 saturated carbocycles. The first-order valence-electron chi connectivity index (χ1n) is 10.5. The zero-order valence-corrected chi connectivity index (χ0v) is 19.2.